The number of carbonyl (C=O) groups excluding carboxylic acids is 1. The lowest BCUT2D eigenvalue weighted by atomic mass is 10.0. The van der Waals surface area contributed by atoms with Crippen LogP contribution in [0.1, 0.15) is 28.9 Å². The van der Waals surface area contributed by atoms with Gasteiger partial charge in [-0.25, -0.2) is 0 Å². The molecule has 1 aromatic rings. The molecule has 0 aliphatic carbocycles. The molecule has 0 aliphatic rings. The van der Waals surface area contributed by atoms with Crippen LogP contribution < -0.4 is 0 Å². The zero-order valence-corrected chi connectivity index (χ0v) is 8.84. The number of methoxy groups -OCH3 is 1. The van der Waals surface area contributed by atoms with Crippen molar-refractivity contribution in [3.05, 3.63) is 35.4 Å². The highest BCUT2D eigenvalue weighted by molar-refractivity contribution is 5.94. The molecule has 88 valence electrons. The summed E-state index contributed by atoms with van der Waals surface area (Å²) in [5.41, 5.74) is 0.362. The zero-order chi connectivity index (χ0) is 12.3. The maximum Gasteiger partial charge on any atom is 0.418 e. The SMILES string of the molecule is COC(c1ccc(C(C)=O)cc1)C(F)(F)F. The number of rotatable bonds is 3. The summed E-state index contributed by atoms with van der Waals surface area (Å²) in [4.78, 5) is 10.9. The lowest BCUT2D eigenvalue weighted by Gasteiger charge is -2.19. The van der Waals surface area contributed by atoms with Gasteiger partial charge in [0, 0.05) is 12.7 Å². The number of benzene rings is 1. The monoisotopic (exact) mass is 232 g/mol. The van der Waals surface area contributed by atoms with Crippen LogP contribution in [0.5, 0.6) is 0 Å². The number of alkyl halides is 3. The van der Waals surface area contributed by atoms with Gasteiger partial charge in [0.15, 0.2) is 11.9 Å². The average molecular weight is 232 g/mol. The molecule has 16 heavy (non-hydrogen) atoms. The second-order valence-electron chi connectivity index (χ2n) is 3.34. The molecule has 1 aromatic carbocycles. The fraction of sp³-hybridized carbons (Fsp3) is 0.364. The Bertz CT molecular complexity index is 368. The fourth-order valence-corrected chi connectivity index (χ4v) is 1.35. The molecule has 0 N–H and O–H groups in total. The van der Waals surface area contributed by atoms with Crippen molar-refractivity contribution >= 4 is 5.78 Å². The number of ether oxygens (including phenoxy) is 1. The van der Waals surface area contributed by atoms with Crippen LogP contribution in [0.4, 0.5) is 13.2 Å². The fourth-order valence-electron chi connectivity index (χ4n) is 1.35. The molecular formula is C11H11F3O2. The summed E-state index contributed by atoms with van der Waals surface area (Å²) < 4.78 is 41.8. The third-order valence-electron chi connectivity index (χ3n) is 2.15. The van der Waals surface area contributed by atoms with Crippen LogP contribution in [0.25, 0.3) is 0 Å². The van der Waals surface area contributed by atoms with Gasteiger partial charge in [-0.1, -0.05) is 24.3 Å². The van der Waals surface area contributed by atoms with E-state index in [1.165, 1.54) is 31.2 Å². The second kappa shape index (κ2) is 4.65. The maximum absolute atomic E-state index is 12.5. The third-order valence-corrected chi connectivity index (χ3v) is 2.15. The molecule has 1 rings (SSSR count). The van der Waals surface area contributed by atoms with E-state index in [2.05, 4.69) is 4.74 Å². The molecule has 0 saturated heterocycles. The molecule has 5 heteroatoms. The molecule has 0 spiro atoms. The Hall–Kier alpha value is -1.36. The van der Waals surface area contributed by atoms with Crippen LogP contribution in [0.15, 0.2) is 24.3 Å². The minimum Gasteiger partial charge on any atom is -0.367 e. The average Bonchev–Trinajstić information content (AvgIpc) is 2.17. The highest BCUT2D eigenvalue weighted by atomic mass is 19.4. The number of halogens is 3. The second-order valence-corrected chi connectivity index (χ2v) is 3.34. The zero-order valence-electron chi connectivity index (χ0n) is 8.84. The smallest absolute Gasteiger partial charge is 0.367 e. The highest BCUT2D eigenvalue weighted by Gasteiger charge is 2.41. The van der Waals surface area contributed by atoms with E-state index < -0.39 is 12.3 Å². The van der Waals surface area contributed by atoms with Crippen LogP contribution in [-0.4, -0.2) is 19.1 Å². The Balaban J connectivity index is 3.00. The van der Waals surface area contributed by atoms with Crippen molar-refractivity contribution in [1.82, 2.24) is 0 Å². The van der Waals surface area contributed by atoms with Crippen LogP contribution in [0, 0.1) is 0 Å². The van der Waals surface area contributed by atoms with E-state index in [4.69, 9.17) is 0 Å². The van der Waals surface area contributed by atoms with Gasteiger partial charge in [0.05, 0.1) is 0 Å². The summed E-state index contributed by atoms with van der Waals surface area (Å²) in [6.07, 6.45) is -6.40. The third kappa shape index (κ3) is 2.82. The van der Waals surface area contributed by atoms with Gasteiger partial charge < -0.3 is 4.74 Å². The van der Waals surface area contributed by atoms with E-state index in [9.17, 15) is 18.0 Å². The van der Waals surface area contributed by atoms with E-state index in [1.807, 2.05) is 0 Å². The summed E-state index contributed by atoms with van der Waals surface area (Å²) in [7, 11) is 0.997. The molecule has 1 atom stereocenters. The van der Waals surface area contributed by atoms with Gasteiger partial charge in [0.25, 0.3) is 0 Å². The lowest BCUT2D eigenvalue weighted by Crippen LogP contribution is -2.22. The number of carbonyl (C=O) groups is 1. The van der Waals surface area contributed by atoms with Crippen LogP contribution in [0.3, 0.4) is 0 Å². The predicted molar refractivity (Wildman–Crippen MR) is 52.3 cm³/mol. The number of Topliss-reactive ketones (excluding diaryl/α,β-unsaturated/α-hetero) is 1. The van der Waals surface area contributed by atoms with E-state index in [0.717, 1.165) is 7.11 Å². The van der Waals surface area contributed by atoms with E-state index in [0.29, 0.717) is 5.56 Å². The van der Waals surface area contributed by atoms with E-state index >= 15 is 0 Å². The largest absolute Gasteiger partial charge is 0.418 e. The van der Waals surface area contributed by atoms with Crippen molar-refractivity contribution in [3.63, 3.8) is 0 Å². The Morgan fingerprint density at radius 3 is 2.06 bits per heavy atom. The molecular weight excluding hydrogens is 221 g/mol. The van der Waals surface area contributed by atoms with Crippen LogP contribution in [-0.2, 0) is 4.74 Å². The van der Waals surface area contributed by atoms with Crippen molar-refractivity contribution < 1.29 is 22.7 Å². The highest BCUT2D eigenvalue weighted by Crippen LogP contribution is 2.35. The van der Waals surface area contributed by atoms with Gasteiger partial charge in [0.2, 0.25) is 0 Å². The number of ketones is 1. The molecule has 0 amide bonds. The van der Waals surface area contributed by atoms with Crippen molar-refractivity contribution in [3.8, 4) is 0 Å². The summed E-state index contributed by atoms with van der Waals surface area (Å²) in [6.45, 7) is 1.35. The first-order valence-electron chi connectivity index (χ1n) is 4.56. The summed E-state index contributed by atoms with van der Waals surface area (Å²) in [6, 6.07) is 5.21. The number of hydrogen-bond donors (Lipinski definition) is 0. The standard InChI is InChI=1S/C11H11F3O2/c1-7(15)8-3-5-9(6-4-8)10(16-2)11(12,13)14/h3-6,10H,1-2H3. The maximum atomic E-state index is 12.5. The minimum atomic E-state index is -4.45. The Labute approximate surface area is 91.0 Å². The van der Waals surface area contributed by atoms with Crippen molar-refractivity contribution in [2.24, 2.45) is 0 Å². The van der Waals surface area contributed by atoms with E-state index in [-0.39, 0.29) is 11.3 Å². The Morgan fingerprint density at radius 2 is 1.75 bits per heavy atom. The van der Waals surface area contributed by atoms with Gasteiger partial charge in [-0.05, 0) is 12.5 Å². The topological polar surface area (TPSA) is 26.3 Å². The molecule has 0 radical (unpaired) electrons. The normalized spacial score (nSPS) is 13.6. The van der Waals surface area contributed by atoms with Gasteiger partial charge in [-0.15, -0.1) is 0 Å². The Morgan fingerprint density at radius 1 is 1.25 bits per heavy atom. The molecule has 0 heterocycles. The molecule has 1 unspecified atom stereocenters. The van der Waals surface area contributed by atoms with Crippen molar-refractivity contribution in [2.75, 3.05) is 7.11 Å². The molecule has 0 saturated carbocycles. The first kappa shape index (κ1) is 12.7. The quantitative estimate of drug-likeness (QED) is 0.748. The molecule has 0 aromatic heterocycles. The molecule has 0 aliphatic heterocycles. The molecule has 0 bridgehead atoms. The predicted octanol–water partition coefficient (Wildman–Crippen LogP) is 3.14. The van der Waals surface area contributed by atoms with Crippen LogP contribution in [0.2, 0.25) is 0 Å². The van der Waals surface area contributed by atoms with Gasteiger partial charge in [-0.2, -0.15) is 13.2 Å². The minimum absolute atomic E-state index is 0.0139. The van der Waals surface area contributed by atoms with Crippen molar-refractivity contribution in [1.29, 1.82) is 0 Å². The molecule has 2 nitrogen and oxygen atoms in total. The molecule has 0 fully saturated rings. The van der Waals surface area contributed by atoms with Gasteiger partial charge >= 0.3 is 6.18 Å². The first-order chi connectivity index (χ1) is 7.36. The van der Waals surface area contributed by atoms with Crippen LogP contribution >= 0.6 is 0 Å². The van der Waals surface area contributed by atoms with Gasteiger partial charge in [0.1, 0.15) is 0 Å². The summed E-state index contributed by atoms with van der Waals surface area (Å²) in [5, 5.41) is 0. The summed E-state index contributed by atoms with van der Waals surface area (Å²) >= 11 is 0. The number of hydrogen-bond acceptors (Lipinski definition) is 2. The Kier molecular flexibility index (Phi) is 3.70. The van der Waals surface area contributed by atoms with Gasteiger partial charge in [-0.3, -0.25) is 4.79 Å². The lowest BCUT2D eigenvalue weighted by molar-refractivity contribution is -0.215. The summed E-state index contributed by atoms with van der Waals surface area (Å²) in [5.74, 6) is -0.187. The van der Waals surface area contributed by atoms with E-state index in [1.54, 1.807) is 0 Å². The first-order valence-corrected chi connectivity index (χ1v) is 4.56. The van der Waals surface area contributed by atoms with Crippen molar-refractivity contribution in [2.45, 2.75) is 19.2 Å².